The first-order valence-electron chi connectivity index (χ1n) is 5.16. The lowest BCUT2D eigenvalue weighted by atomic mass is 10.3. The molecule has 0 atom stereocenters. The summed E-state index contributed by atoms with van der Waals surface area (Å²) in [7, 11) is 0. The number of hydrogen-bond acceptors (Lipinski definition) is 4. The molecule has 0 radical (unpaired) electrons. The molecule has 0 spiro atoms. The molecule has 1 N–H and O–H groups in total. The fraction of sp³-hybridized carbons (Fsp3) is 0.0833. The van der Waals surface area contributed by atoms with Crippen molar-refractivity contribution >= 4 is 23.4 Å². The van der Waals surface area contributed by atoms with Gasteiger partial charge in [0.05, 0.1) is 0 Å². The summed E-state index contributed by atoms with van der Waals surface area (Å²) < 4.78 is 12.9. The van der Waals surface area contributed by atoms with E-state index in [4.69, 9.17) is 0 Å². The molecule has 18 heavy (non-hydrogen) atoms. The highest BCUT2D eigenvalue weighted by Gasteiger charge is 2.02. The van der Waals surface area contributed by atoms with Crippen molar-refractivity contribution in [2.24, 2.45) is 0 Å². The number of nitrogens with zero attached hydrogens (tertiary/aromatic N) is 2. The molecule has 1 amide bonds. The van der Waals surface area contributed by atoms with Crippen LogP contribution < -0.4 is 5.32 Å². The van der Waals surface area contributed by atoms with E-state index < -0.39 is 5.95 Å². The normalized spacial score (nSPS) is 10.1. The van der Waals surface area contributed by atoms with Crippen molar-refractivity contribution in [2.45, 2.75) is 16.8 Å². The average Bonchev–Trinajstić information content (AvgIpc) is 2.31. The minimum absolute atomic E-state index is 0.117. The highest BCUT2D eigenvalue weighted by Crippen LogP contribution is 2.26. The number of amides is 1. The molecule has 0 aliphatic heterocycles. The van der Waals surface area contributed by atoms with Gasteiger partial charge in [-0.25, -0.2) is 9.97 Å². The molecule has 6 heteroatoms. The van der Waals surface area contributed by atoms with Crippen molar-refractivity contribution in [3.8, 4) is 0 Å². The maximum Gasteiger partial charge on any atom is 0.221 e. The third-order valence-corrected chi connectivity index (χ3v) is 2.95. The number of carbonyl (C=O) groups is 1. The average molecular weight is 263 g/mol. The van der Waals surface area contributed by atoms with Crippen LogP contribution in [0.5, 0.6) is 0 Å². The lowest BCUT2D eigenvalue weighted by Gasteiger charge is -2.04. The maximum absolute atomic E-state index is 12.9. The Kier molecular flexibility index (Phi) is 3.88. The number of rotatable bonds is 3. The Hall–Kier alpha value is -1.95. The van der Waals surface area contributed by atoms with Gasteiger partial charge in [0.2, 0.25) is 11.9 Å². The highest BCUT2D eigenvalue weighted by molar-refractivity contribution is 7.99. The Morgan fingerprint density at radius 1 is 1.28 bits per heavy atom. The van der Waals surface area contributed by atoms with Gasteiger partial charge in [-0.05, 0) is 24.3 Å². The van der Waals surface area contributed by atoms with Crippen LogP contribution in [0, 0.1) is 5.95 Å². The van der Waals surface area contributed by atoms with Crippen LogP contribution in [0.15, 0.2) is 46.6 Å². The second kappa shape index (κ2) is 5.59. The number of nitrogens with one attached hydrogen (secondary N) is 1. The van der Waals surface area contributed by atoms with E-state index in [9.17, 15) is 9.18 Å². The van der Waals surface area contributed by atoms with E-state index >= 15 is 0 Å². The van der Waals surface area contributed by atoms with Gasteiger partial charge in [0.1, 0.15) is 11.4 Å². The van der Waals surface area contributed by atoms with E-state index in [2.05, 4.69) is 15.3 Å². The van der Waals surface area contributed by atoms with Gasteiger partial charge in [0, 0.05) is 23.6 Å². The van der Waals surface area contributed by atoms with Gasteiger partial charge in [-0.3, -0.25) is 4.79 Å². The van der Waals surface area contributed by atoms with Crippen LogP contribution in [0.2, 0.25) is 0 Å². The zero-order chi connectivity index (χ0) is 13.0. The molecule has 0 aliphatic rings. The van der Waals surface area contributed by atoms with Crippen LogP contribution in [0.1, 0.15) is 6.92 Å². The SMILES string of the molecule is CC(=O)Nc1ccc(Sc2cc(F)ncn2)cc1. The van der Waals surface area contributed by atoms with E-state index in [-0.39, 0.29) is 5.91 Å². The Morgan fingerprint density at radius 3 is 2.61 bits per heavy atom. The maximum atomic E-state index is 12.9. The molecule has 2 rings (SSSR count). The van der Waals surface area contributed by atoms with E-state index in [1.54, 1.807) is 12.1 Å². The first kappa shape index (κ1) is 12.5. The third-order valence-electron chi connectivity index (χ3n) is 2.01. The first-order chi connectivity index (χ1) is 8.63. The van der Waals surface area contributed by atoms with Gasteiger partial charge in [-0.15, -0.1) is 0 Å². The van der Waals surface area contributed by atoms with Crippen molar-refractivity contribution in [1.29, 1.82) is 0 Å². The van der Waals surface area contributed by atoms with E-state index in [1.807, 2.05) is 12.1 Å². The number of hydrogen-bond donors (Lipinski definition) is 1. The van der Waals surface area contributed by atoms with Gasteiger partial charge in [0.15, 0.2) is 0 Å². The monoisotopic (exact) mass is 263 g/mol. The Labute approximate surface area is 108 Å². The van der Waals surface area contributed by atoms with E-state index in [0.717, 1.165) is 10.6 Å². The minimum Gasteiger partial charge on any atom is -0.326 e. The number of benzene rings is 1. The summed E-state index contributed by atoms with van der Waals surface area (Å²) in [5.41, 5.74) is 0.723. The minimum atomic E-state index is -0.553. The molecule has 4 nitrogen and oxygen atoms in total. The molecule has 92 valence electrons. The Balaban J connectivity index is 2.08. The number of carbonyl (C=O) groups excluding carboxylic acids is 1. The fourth-order valence-corrected chi connectivity index (χ4v) is 2.07. The number of halogens is 1. The standard InChI is InChI=1S/C12H10FN3OS/c1-8(17)16-9-2-4-10(5-3-9)18-12-6-11(13)14-7-15-12/h2-7H,1H3,(H,16,17). The predicted octanol–water partition coefficient (Wildman–Crippen LogP) is 2.73. The third kappa shape index (κ3) is 3.53. The quantitative estimate of drug-likeness (QED) is 0.865. The van der Waals surface area contributed by atoms with Crippen molar-refractivity contribution in [3.05, 3.63) is 42.6 Å². The summed E-state index contributed by atoms with van der Waals surface area (Å²) in [5, 5.41) is 3.21. The molecule has 1 aromatic carbocycles. The lowest BCUT2D eigenvalue weighted by molar-refractivity contribution is -0.114. The molecule has 0 saturated heterocycles. The van der Waals surface area contributed by atoms with Crippen LogP contribution in [-0.4, -0.2) is 15.9 Å². The van der Waals surface area contributed by atoms with Gasteiger partial charge in [-0.1, -0.05) is 11.8 Å². The summed E-state index contributed by atoms with van der Waals surface area (Å²) in [6, 6.07) is 8.49. The van der Waals surface area contributed by atoms with E-state index in [1.165, 1.54) is 31.1 Å². The molecule has 1 aromatic heterocycles. The molecule has 0 saturated carbocycles. The van der Waals surface area contributed by atoms with Crippen LogP contribution in [0.25, 0.3) is 0 Å². The summed E-state index contributed by atoms with van der Waals surface area (Å²) in [6.45, 7) is 1.45. The fourth-order valence-electron chi connectivity index (χ4n) is 1.30. The number of anilines is 1. The summed E-state index contributed by atoms with van der Waals surface area (Å²) in [4.78, 5) is 19.1. The summed E-state index contributed by atoms with van der Waals surface area (Å²) in [5.74, 6) is -0.671. The molecule has 2 aromatic rings. The molecule has 1 heterocycles. The topological polar surface area (TPSA) is 54.9 Å². The van der Waals surface area contributed by atoms with Crippen LogP contribution in [0.4, 0.5) is 10.1 Å². The molecule has 0 unspecified atom stereocenters. The van der Waals surface area contributed by atoms with Crippen LogP contribution in [0.3, 0.4) is 0 Å². The zero-order valence-electron chi connectivity index (χ0n) is 9.55. The van der Waals surface area contributed by atoms with Crippen LogP contribution in [-0.2, 0) is 4.79 Å². The predicted molar refractivity (Wildman–Crippen MR) is 66.9 cm³/mol. The molecule has 0 aliphatic carbocycles. The second-order valence-corrected chi connectivity index (χ2v) is 4.58. The van der Waals surface area contributed by atoms with Gasteiger partial charge >= 0.3 is 0 Å². The van der Waals surface area contributed by atoms with Crippen molar-refractivity contribution in [1.82, 2.24) is 9.97 Å². The van der Waals surface area contributed by atoms with Crippen molar-refractivity contribution < 1.29 is 9.18 Å². The second-order valence-electron chi connectivity index (χ2n) is 3.49. The van der Waals surface area contributed by atoms with Crippen molar-refractivity contribution in [2.75, 3.05) is 5.32 Å². The van der Waals surface area contributed by atoms with Gasteiger partial charge in [0.25, 0.3) is 0 Å². The highest BCUT2D eigenvalue weighted by atomic mass is 32.2. The Morgan fingerprint density at radius 2 is 2.00 bits per heavy atom. The largest absolute Gasteiger partial charge is 0.326 e. The smallest absolute Gasteiger partial charge is 0.221 e. The van der Waals surface area contributed by atoms with Gasteiger partial charge < -0.3 is 5.32 Å². The molecule has 0 fully saturated rings. The summed E-state index contributed by atoms with van der Waals surface area (Å²) >= 11 is 1.33. The molecule has 0 bridgehead atoms. The van der Waals surface area contributed by atoms with E-state index in [0.29, 0.717) is 5.03 Å². The Bertz CT molecular complexity index is 560. The van der Waals surface area contributed by atoms with Crippen LogP contribution >= 0.6 is 11.8 Å². The summed E-state index contributed by atoms with van der Waals surface area (Å²) in [6.07, 6.45) is 1.18. The first-order valence-corrected chi connectivity index (χ1v) is 5.98. The zero-order valence-corrected chi connectivity index (χ0v) is 10.4. The van der Waals surface area contributed by atoms with Crippen molar-refractivity contribution in [3.63, 3.8) is 0 Å². The molecular formula is C12H10FN3OS. The molecular weight excluding hydrogens is 253 g/mol. The van der Waals surface area contributed by atoms with Gasteiger partial charge in [-0.2, -0.15) is 4.39 Å². The lowest BCUT2D eigenvalue weighted by Crippen LogP contribution is -2.05. The number of aromatic nitrogens is 2.